The van der Waals surface area contributed by atoms with Crippen LogP contribution in [0.3, 0.4) is 0 Å². The molecule has 5 rings (SSSR count). The summed E-state index contributed by atoms with van der Waals surface area (Å²) in [5.74, 6) is 0.947. The fraction of sp³-hybridized carbons (Fsp3) is 0.321. The van der Waals surface area contributed by atoms with Gasteiger partial charge in [-0.2, -0.15) is 0 Å². The van der Waals surface area contributed by atoms with Gasteiger partial charge in [-0.15, -0.1) is 5.48 Å². The maximum absolute atomic E-state index is 11.7. The first-order valence-corrected chi connectivity index (χ1v) is 11.5. The summed E-state index contributed by atoms with van der Waals surface area (Å²) in [6.45, 7) is 3.26. The molecule has 1 saturated carbocycles. The van der Waals surface area contributed by atoms with Crippen molar-refractivity contribution < 1.29 is 14.4 Å². The van der Waals surface area contributed by atoms with E-state index in [4.69, 9.17) is 9.57 Å². The third-order valence-corrected chi connectivity index (χ3v) is 6.60. The van der Waals surface area contributed by atoms with Crippen molar-refractivity contribution in [3.63, 3.8) is 0 Å². The second kappa shape index (κ2) is 9.17. The van der Waals surface area contributed by atoms with Gasteiger partial charge in [0.15, 0.2) is 0 Å². The predicted molar refractivity (Wildman–Crippen MR) is 125 cm³/mol. The van der Waals surface area contributed by atoms with Crippen LogP contribution in [0.25, 0.3) is 11.1 Å². The Hall–Kier alpha value is -3.11. The van der Waals surface area contributed by atoms with E-state index in [0.29, 0.717) is 13.2 Å². The van der Waals surface area contributed by atoms with Gasteiger partial charge in [0.1, 0.15) is 12.4 Å². The summed E-state index contributed by atoms with van der Waals surface area (Å²) < 4.78 is 6.34. The van der Waals surface area contributed by atoms with Crippen molar-refractivity contribution in [2.45, 2.75) is 52.2 Å². The molecule has 1 fully saturated rings. The number of hydrogen-bond donors (Lipinski definition) is 1. The predicted octanol–water partition coefficient (Wildman–Crippen LogP) is 5.69. The zero-order valence-corrected chi connectivity index (χ0v) is 18.5. The van der Waals surface area contributed by atoms with Gasteiger partial charge in [-0.1, -0.05) is 54.6 Å². The molecular weight excluding hydrogens is 398 g/mol. The Bertz CT molecular complexity index is 1120. The summed E-state index contributed by atoms with van der Waals surface area (Å²) in [5.41, 5.74) is 11.6. The number of carbonyl (C=O) groups is 1. The van der Waals surface area contributed by atoms with E-state index in [-0.39, 0.29) is 11.9 Å². The molecule has 0 aromatic heterocycles. The molecule has 0 unspecified atom stereocenters. The molecule has 2 aliphatic carbocycles. The Labute approximate surface area is 189 Å². The van der Waals surface area contributed by atoms with Crippen LogP contribution in [0.4, 0.5) is 0 Å². The van der Waals surface area contributed by atoms with Gasteiger partial charge in [-0.05, 0) is 84.0 Å². The molecule has 4 nitrogen and oxygen atoms in total. The molecule has 0 bridgehead atoms. The molecule has 3 aromatic rings. The summed E-state index contributed by atoms with van der Waals surface area (Å²) >= 11 is 0. The van der Waals surface area contributed by atoms with Crippen LogP contribution in [0, 0.1) is 12.8 Å². The van der Waals surface area contributed by atoms with Crippen LogP contribution in [0.2, 0.25) is 0 Å². The van der Waals surface area contributed by atoms with Crippen molar-refractivity contribution >= 4 is 5.97 Å². The van der Waals surface area contributed by atoms with Gasteiger partial charge in [0.25, 0.3) is 0 Å². The van der Waals surface area contributed by atoms with E-state index in [0.717, 1.165) is 37.9 Å². The molecular formula is C28H29NO3. The molecule has 2 aliphatic rings. The minimum absolute atomic E-state index is 0.104. The molecule has 164 valence electrons. The van der Waals surface area contributed by atoms with E-state index in [2.05, 4.69) is 67.0 Å². The molecule has 3 aromatic carbocycles. The average Bonchev–Trinajstić information content (AvgIpc) is 3.56. The van der Waals surface area contributed by atoms with Gasteiger partial charge in [-0.3, -0.25) is 4.79 Å². The summed E-state index contributed by atoms with van der Waals surface area (Å²) in [6.07, 6.45) is 5.12. The smallest absolute Gasteiger partial charge is 0.327 e. The van der Waals surface area contributed by atoms with Crippen LogP contribution in [-0.4, -0.2) is 5.97 Å². The van der Waals surface area contributed by atoms with Gasteiger partial charge >= 0.3 is 5.97 Å². The fourth-order valence-electron chi connectivity index (χ4n) is 4.56. The van der Waals surface area contributed by atoms with Crippen molar-refractivity contribution in [2.75, 3.05) is 0 Å². The SMILES string of the molecule is Cc1c(COc2ccc(CNOC(=O)C3CC3)c3c2CCC3)cccc1-c1ccccc1. The highest BCUT2D eigenvalue weighted by molar-refractivity contribution is 5.74. The van der Waals surface area contributed by atoms with Gasteiger partial charge < -0.3 is 9.57 Å². The Balaban J connectivity index is 1.28. The number of benzene rings is 3. The van der Waals surface area contributed by atoms with Crippen LogP contribution in [0.15, 0.2) is 60.7 Å². The van der Waals surface area contributed by atoms with Crippen LogP contribution >= 0.6 is 0 Å². The molecule has 0 saturated heterocycles. The van der Waals surface area contributed by atoms with Crippen molar-refractivity contribution in [1.29, 1.82) is 0 Å². The second-order valence-corrected chi connectivity index (χ2v) is 8.79. The van der Waals surface area contributed by atoms with Gasteiger partial charge in [0.05, 0.1) is 12.5 Å². The zero-order chi connectivity index (χ0) is 21.9. The largest absolute Gasteiger partial charge is 0.489 e. The molecule has 1 N–H and O–H groups in total. The minimum Gasteiger partial charge on any atom is -0.489 e. The van der Waals surface area contributed by atoms with E-state index >= 15 is 0 Å². The molecule has 4 heteroatoms. The Kier molecular flexibility index (Phi) is 5.95. The first kappa shape index (κ1) is 20.8. The van der Waals surface area contributed by atoms with E-state index in [9.17, 15) is 4.79 Å². The molecule has 0 spiro atoms. The molecule has 0 radical (unpaired) electrons. The van der Waals surface area contributed by atoms with Gasteiger partial charge in [-0.25, -0.2) is 0 Å². The van der Waals surface area contributed by atoms with Gasteiger partial charge in [0, 0.05) is 0 Å². The molecule has 32 heavy (non-hydrogen) atoms. The summed E-state index contributed by atoms with van der Waals surface area (Å²) in [5, 5.41) is 0. The highest BCUT2D eigenvalue weighted by atomic mass is 16.7. The van der Waals surface area contributed by atoms with Crippen molar-refractivity contribution in [3.05, 3.63) is 88.5 Å². The average molecular weight is 428 g/mol. The fourth-order valence-corrected chi connectivity index (χ4v) is 4.56. The topological polar surface area (TPSA) is 47.6 Å². The monoisotopic (exact) mass is 427 g/mol. The third kappa shape index (κ3) is 4.42. The molecule has 0 amide bonds. The lowest BCUT2D eigenvalue weighted by Crippen LogP contribution is -2.21. The van der Waals surface area contributed by atoms with Crippen LogP contribution in [0.5, 0.6) is 5.75 Å². The number of hydrogen-bond acceptors (Lipinski definition) is 4. The Morgan fingerprint density at radius 3 is 2.56 bits per heavy atom. The maximum Gasteiger partial charge on any atom is 0.327 e. The molecule has 0 atom stereocenters. The lowest BCUT2D eigenvalue weighted by molar-refractivity contribution is -0.153. The van der Waals surface area contributed by atoms with Crippen molar-refractivity contribution in [3.8, 4) is 16.9 Å². The number of carbonyl (C=O) groups excluding carboxylic acids is 1. The highest BCUT2D eigenvalue weighted by Gasteiger charge is 2.31. The van der Waals surface area contributed by atoms with Crippen molar-refractivity contribution in [1.82, 2.24) is 5.48 Å². The first-order valence-electron chi connectivity index (χ1n) is 11.5. The molecule has 0 heterocycles. The Morgan fingerprint density at radius 1 is 0.938 bits per heavy atom. The standard InChI is InChI=1S/C28H29NO3/c1-19-23(9-5-10-24(19)20-7-3-2-4-8-20)18-31-27-16-15-22(25-11-6-12-26(25)27)17-29-32-28(30)21-13-14-21/h2-5,7-10,15-16,21,29H,6,11-14,17-18H2,1H3. The zero-order valence-electron chi connectivity index (χ0n) is 18.5. The van der Waals surface area contributed by atoms with Crippen LogP contribution in [0.1, 0.15) is 47.1 Å². The van der Waals surface area contributed by atoms with Crippen LogP contribution in [-0.2, 0) is 35.6 Å². The van der Waals surface area contributed by atoms with Crippen molar-refractivity contribution in [2.24, 2.45) is 5.92 Å². The lowest BCUT2D eigenvalue weighted by atomic mass is 9.97. The van der Waals surface area contributed by atoms with E-state index < -0.39 is 0 Å². The minimum atomic E-state index is -0.130. The highest BCUT2D eigenvalue weighted by Crippen LogP contribution is 2.35. The van der Waals surface area contributed by atoms with Crippen LogP contribution < -0.4 is 10.2 Å². The maximum atomic E-state index is 11.7. The number of rotatable bonds is 8. The van der Waals surface area contributed by atoms with E-state index in [1.54, 1.807) is 0 Å². The normalized spacial score (nSPS) is 14.8. The Morgan fingerprint density at radius 2 is 1.75 bits per heavy atom. The van der Waals surface area contributed by atoms with Gasteiger partial charge in [0.2, 0.25) is 0 Å². The van der Waals surface area contributed by atoms with E-state index in [1.807, 2.05) is 6.07 Å². The number of hydroxylamine groups is 1. The third-order valence-electron chi connectivity index (χ3n) is 6.60. The summed E-state index contributed by atoms with van der Waals surface area (Å²) in [6, 6.07) is 21.1. The summed E-state index contributed by atoms with van der Waals surface area (Å²) in [4.78, 5) is 16.9. The number of nitrogens with one attached hydrogen (secondary N) is 1. The van der Waals surface area contributed by atoms with E-state index in [1.165, 1.54) is 38.9 Å². The summed E-state index contributed by atoms with van der Waals surface area (Å²) in [7, 11) is 0. The number of fused-ring (bicyclic) bond motifs is 1. The first-order chi connectivity index (χ1) is 15.7. The quantitative estimate of drug-likeness (QED) is 0.469. The molecule has 0 aliphatic heterocycles. The lowest BCUT2D eigenvalue weighted by Gasteiger charge is -2.16. The second-order valence-electron chi connectivity index (χ2n) is 8.79. The number of ether oxygens (including phenoxy) is 1.